The van der Waals surface area contributed by atoms with E-state index in [1.54, 1.807) is 0 Å². The molecule has 0 aromatic carbocycles. The normalized spacial score (nSPS) is 50.1. The first kappa shape index (κ1) is 20.2. The van der Waals surface area contributed by atoms with E-state index >= 15 is 0 Å². The number of carbonyl (C=O) groups excluding carboxylic acids is 2. The average molecular weight is 387 g/mol. The predicted octanol–water partition coefficient (Wildman–Crippen LogP) is 5.72. The summed E-state index contributed by atoms with van der Waals surface area (Å²) < 4.78 is 5.56. The first-order valence-corrected chi connectivity index (χ1v) is 11.4. The van der Waals surface area contributed by atoms with Gasteiger partial charge in [0.2, 0.25) is 0 Å². The van der Waals surface area contributed by atoms with E-state index in [1.165, 1.54) is 31.8 Å². The zero-order chi connectivity index (χ0) is 20.5. The zero-order valence-corrected chi connectivity index (χ0v) is 18.6. The van der Waals surface area contributed by atoms with Gasteiger partial charge in [-0.3, -0.25) is 9.59 Å². The summed E-state index contributed by atoms with van der Waals surface area (Å²) in [5.74, 6) is 2.77. The second kappa shape index (κ2) is 6.44. The fraction of sp³-hybridized carbons (Fsp3) is 0.840. The number of carbonyl (C=O) groups is 2. The van der Waals surface area contributed by atoms with Gasteiger partial charge in [0.25, 0.3) is 0 Å². The highest BCUT2D eigenvalue weighted by atomic mass is 16.5. The van der Waals surface area contributed by atoms with Crippen molar-refractivity contribution in [2.75, 3.05) is 0 Å². The van der Waals surface area contributed by atoms with Gasteiger partial charge < -0.3 is 4.74 Å². The summed E-state index contributed by atoms with van der Waals surface area (Å²) in [5, 5.41) is 0. The third kappa shape index (κ3) is 2.53. The molecule has 3 nitrogen and oxygen atoms in total. The maximum absolute atomic E-state index is 12.8. The van der Waals surface area contributed by atoms with Gasteiger partial charge in [0.15, 0.2) is 0 Å². The Bertz CT molecular complexity index is 723. The molecule has 0 bridgehead atoms. The lowest BCUT2D eigenvalue weighted by Gasteiger charge is -2.59. The molecule has 0 radical (unpaired) electrons. The number of Topliss-reactive ketones (excluding diaryl/α,β-unsaturated/α-hetero) is 1. The Hall–Kier alpha value is -1.12. The summed E-state index contributed by atoms with van der Waals surface area (Å²) in [4.78, 5) is 24.2. The molecule has 3 heteroatoms. The zero-order valence-electron chi connectivity index (χ0n) is 18.6. The van der Waals surface area contributed by atoms with Gasteiger partial charge in [0.1, 0.15) is 11.9 Å². The molecule has 0 heterocycles. The number of hydrogen-bond acceptors (Lipinski definition) is 3. The van der Waals surface area contributed by atoms with Crippen LogP contribution in [0.1, 0.15) is 86.5 Å². The second-order valence-electron chi connectivity index (χ2n) is 11.1. The summed E-state index contributed by atoms with van der Waals surface area (Å²) in [7, 11) is 0. The number of fused-ring (bicyclic) bond motifs is 5. The molecule has 3 saturated carbocycles. The third-order valence-corrected chi connectivity index (χ3v) is 10.3. The molecule has 0 N–H and O–H groups in total. The molecule has 0 aliphatic heterocycles. The molecular weight excluding hydrogens is 348 g/mol. The number of hydrogen-bond donors (Lipinski definition) is 0. The van der Waals surface area contributed by atoms with Crippen LogP contribution in [0.5, 0.6) is 0 Å². The van der Waals surface area contributed by atoms with E-state index in [4.69, 9.17) is 4.74 Å². The standard InChI is InChI=1S/C25H38O3/c1-15-13-22-20-8-7-18-14-19(28-17(3)27)9-11-23(18,4)21(20)10-12-24(22,5)25(15,6)16(2)26/h7,15,19-22H,8-14H2,1-6H3/t15-,19?,20?,21?,22?,23?,24?,25-/m1/s1. The van der Waals surface area contributed by atoms with E-state index in [0.29, 0.717) is 29.5 Å². The Morgan fingerprint density at radius 1 is 1.07 bits per heavy atom. The van der Waals surface area contributed by atoms with Crippen LogP contribution in [0.2, 0.25) is 0 Å². The van der Waals surface area contributed by atoms with Crippen LogP contribution in [0.25, 0.3) is 0 Å². The van der Waals surface area contributed by atoms with Crippen LogP contribution in [0, 0.1) is 39.9 Å². The van der Waals surface area contributed by atoms with Crippen molar-refractivity contribution in [1.82, 2.24) is 0 Å². The minimum Gasteiger partial charge on any atom is -0.462 e. The van der Waals surface area contributed by atoms with E-state index in [1.807, 2.05) is 6.92 Å². The fourth-order valence-electron chi connectivity index (χ4n) is 8.29. The van der Waals surface area contributed by atoms with Gasteiger partial charge in [0.05, 0.1) is 0 Å². The minimum atomic E-state index is -0.180. The molecule has 8 atom stereocenters. The molecule has 6 unspecified atom stereocenters. The smallest absolute Gasteiger partial charge is 0.302 e. The monoisotopic (exact) mass is 386 g/mol. The first-order chi connectivity index (χ1) is 13.0. The quantitative estimate of drug-likeness (QED) is 0.450. The van der Waals surface area contributed by atoms with E-state index in [-0.39, 0.29) is 28.3 Å². The molecule has 0 saturated heterocycles. The highest BCUT2D eigenvalue weighted by Crippen LogP contribution is 2.71. The van der Waals surface area contributed by atoms with Crippen molar-refractivity contribution in [3.8, 4) is 0 Å². The molecule has 4 rings (SSSR count). The summed E-state index contributed by atoms with van der Waals surface area (Å²) in [6.45, 7) is 12.8. The van der Waals surface area contributed by atoms with Crippen molar-refractivity contribution in [3.05, 3.63) is 11.6 Å². The predicted molar refractivity (Wildman–Crippen MR) is 111 cm³/mol. The second-order valence-corrected chi connectivity index (χ2v) is 11.1. The summed E-state index contributed by atoms with van der Waals surface area (Å²) in [6, 6.07) is 0. The maximum Gasteiger partial charge on any atom is 0.302 e. The van der Waals surface area contributed by atoms with Crippen molar-refractivity contribution in [2.45, 2.75) is 92.6 Å². The minimum absolute atomic E-state index is 0.0646. The van der Waals surface area contributed by atoms with Crippen LogP contribution in [0.4, 0.5) is 0 Å². The van der Waals surface area contributed by atoms with Crippen LogP contribution < -0.4 is 0 Å². The highest BCUT2D eigenvalue weighted by Gasteiger charge is 2.66. The van der Waals surface area contributed by atoms with Crippen molar-refractivity contribution in [1.29, 1.82) is 0 Å². The molecule has 3 fully saturated rings. The maximum atomic E-state index is 12.8. The number of allylic oxidation sites excluding steroid dienone is 1. The Morgan fingerprint density at radius 2 is 1.79 bits per heavy atom. The van der Waals surface area contributed by atoms with Gasteiger partial charge in [0, 0.05) is 18.8 Å². The van der Waals surface area contributed by atoms with Gasteiger partial charge in [-0.2, -0.15) is 0 Å². The number of ether oxygens (including phenoxy) is 1. The third-order valence-electron chi connectivity index (χ3n) is 10.3. The Morgan fingerprint density at radius 3 is 2.43 bits per heavy atom. The Labute approximate surface area is 170 Å². The molecule has 28 heavy (non-hydrogen) atoms. The van der Waals surface area contributed by atoms with Gasteiger partial charge >= 0.3 is 5.97 Å². The lowest BCUT2D eigenvalue weighted by Crippen LogP contribution is -2.53. The van der Waals surface area contributed by atoms with E-state index in [0.717, 1.165) is 25.7 Å². The summed E-state index contributed by atoms with van der Waals surface area (Å²) >= 11 is 0. The largest absolute Gasteiger partial charge is 0.462 e. The number of rotatable bonds is 2. The topological polar surface area (TPSA) is 43.4 Å². The van der Waals surface area contributed by atoms with Gasteiger partial charge in [-0.15, -0.1) is 0 Å². The van der Waals surface area contributed by atoms with Crippen molar-refractivity contribution >= 4 is 11.8 Å². The summed E-state index contributed by atoms with van der Waals surface area (Å²) in [5.41, 5.74) is 1.74. The number of esters is 1. The summed E-state index contributed by atoms with van der Waals surface area (Å²) in [6.07, 6.45) is 10.3. The van der Waals surface area contributed by atoms with Crippen LogP contribution >= 0.6 is 0 Å². The van der Waals surface area contributed by atoms with Gasteiger partial charge in [-0.25, -0.2) is 0 Å². The molecule has 4 aliphatic rings. The molecule has 4 aliphatic carbocycles. The van der Waals surface area contributed by atoms with E-state index < -0.39 is 0 Å². The van der Waals surface area contributed by atoms with Gasteiger partial charge in [-0.1, -0.05) is 39.3 Å². The molecule has 0 aromatic heterocycles. The highest BCUT2D eigenvalue weighted by molar-refractivity contribution is 5.83. The van der Waals surface area contributed by atoms with E-state index in [9.17, 15) is 9.59 Å². The lowest BCUT2D eigenvalue weighted by atomic mass is 9.45. The van der Waals surface area contributed by atoms with E-state index in [2.05, 4.69) is 33.8 Å². The van der Waals surface area contributed by atoms with Crippen LogP contribution in [-0.2, 0) is 14.3 Å². The average Bonchev–Trinajstić information content (AvgIpc) is 2.83. The molecule has 0 spiro atoms. The van der Waals surface area contributed by atoms with Crippen molar-refractivity contribution in [3.63, 3.8) is 0 Å². The molecule has 156 valence electrons. The van der Waals surface area contributed by atoms with Gasteiger partial charge in [-0.05, 0) is 80.0 Å². The molecule has 0 aromatic rings. The molecule has 0 amide bonds. The number of ketones is 1. The SMILES string of the molecule is CC(=O)OC1CCC2(C)C(=CCC3C2CCC2(C)C3C[C@@H](C)[C@]2(C)C(C)=O)C1. The molecular formula is C25H38O3. The van der Waals surface area contributed by atoms with Crippen molar-refractivity contribution in [2.24, 2.45) is 39.9 Å². The van der Waals surface area contributed by atoms with Crippen LogP contribution in [-0.4, -0.2) is 17.9 Å². The fourth-order valence-corrected chi connectivity index (χ4v) is 8.29. The van der Waals surface area contributed by atoms with Crippen LogP contribution in [0.3, 0.4) is 0 Å². The Balaban J connectivity index is 1.64. The Kier molecular flexibility index (Phi) is 4.64. The lowest BCUT2D eigenvalue weighted by molar-refractivity contribution is -0.150. The van der Waals surface area contributed by atoms with Crippen LogP contribution in [0.15, 0.2) is 11.6 Å². The van der Waals surface area contributed by atoms with Crippen molar-refractivity contribution < 1.29 is 14.3 Å². The first-order valence-electron chi connectivity index (χ1n) is 11.4.